The van der Waals surface area contributed by atoms with Crippen molar-refractivity contribution in [3.63, 3.8) is 0 Å². The third-order valence-corrected chi connectivity index (χ3v) is 4.58. The molecule has 5 nitrogen and oxygen atoms in total. The van der Waals surface area contributed by atoms with Crippen molar-refractivity contribution in [3.8, 4) is 0 Å². The summed E-state index contributed by atoms with van der Waals surface area (Å²) in [7, 11) is 0. The molecule has 2 rings (SSSR count). The molecule has 0 bridgehead atoms. The molecule has 23 heavy (non-hydrogen) atoms. The molecule has 1 heterocycles. The summed E-state index contributed by atoms with van der Waals surface area (Å²) in [6.07, 6.45) is 1.13. The van der Waals surface area contributed by atoms with Crippen molar-refractivity contribution in [2.24, 2.45) is 0 Å². The summed E-state index contributed by atoms with van der Waals surface area (Å²) in [5.74, 6) is -0.227. The highest BCUT2D eigenvalue weighted by Crippen LogP contribution is 2.11. The maximum absolute atomic E-state index is 12.5. The van der Waals surface area contributed by atoms with Crippen LogP contribution in [0.25, 0.3) is 0 Å². The number of nitrogens with one attached hydrogen (secondary N) is 1. The van der Waals surface area contributed by atoms with Gasteiger partial charge in [-0.15, -0.1) is 0 Å². The predicted octanol–water partition coefficient (Wildman–Crippen LogP) is 2.12. The average molecular weight is 382 g/mol. The predicted molar refractivity (Wildman–Crippen MR) is 94.4 cm³/mol. The topological polar surface area (TPSA) is 52.6 Å². The van der Waals surface area contributed by atoms with Crippen molar-refractivity contribution in [1.82, 2.24) is 15.1 Å². The van der Waals surface area contributed by atoms with Crippen molar-refractivity contribution < 1.29 is 9.59 Å². The number of hydrogen-bond acceptors (Lipinski definition) is 3. The highest BCUT2D eigenvalue weighted by molar-refractivity contribution is 9.10. The van der Waals surface area contributed by atoms with Crippen LogP contribution in [-0.2, 0) is 4.79 Å². The van der Waals surface area contributed by atoms with Crippen LogP contribution in [-0.4, -0.2) is 60.4 Å². The van der Waals surface area contributed by atoms with E-state index < -0.39 is 6.04 Å². The third-order valence-electron chi connectivity index (χ3n) is 4.05. The monoisotopic (exact) mass is 381 g/mol. The fraction of sp³-hybridized carbons (Fsp3) is 0.529. The van der Waals surface area contributed by atoms with Crippen LogP contribution in [0.5, 0.6) is 0 Å². The molecule has 0 aliphatic carbocycles. The molecular weight excluding hydrogens is 358 g/mol. The summed E-state index contributed by atoms with van der Waals surface area (Å²) in [4.78, 5) is 28.9. The van der Waals surface area contributed by atoms with Gasteiger partial charge in [0.25, 0.3) is 5.91 Å². The molecule has 0 aromatic heterocycles. The number of carbonyl (C=O) groups excluding carboxylic acids is 2. The van der Waals surface area contributed by atoms with E-state index in [4.69, 9.17) is 0 Å². The van der Waals surface area contributed by atoms with E-state index in [1.807, 2.05) is 17.0 Å². The number of rotatable bonds is 5. The SMILES string of the molecule is CCCN1CCN(C(=O)C(C)NC(=O)c2ccc(Br)cc2)CC1. The molecule has 1 aliphatic rings. The van der Waals surface area contributed by atoms with Crippen molar-refractivity contribution in [2.45, 2.75) is 26.3 Å². The summed E-state index contributed by atoms with van der Waals surface area (Å²) in [6.45, 7) is 8.28. The van der Waals surface area contributed by atoms with Gasteiger partial charge in [-0.25, -0.2) is 0 Å². The summed E-state index contributed by atoms with van der Waals surface area (Å²) in [6, 6.07) is 6.59. The van der Waals surface area contributed by atoms with Crippen LogP contribution in [0.4, 0.5) is 0 Å². The fourth-order valence-electron chi connectivity index (χ4n) is 2.72. The molecule has 0 spiro atoms. The molecule has 1 unspecified atom stereocenters. The van der Waals surface area contributed by atoms with Gasteiger partial charge in [0.05, 0.1) is 0 Å². The van der Waals surface area contributed by atoms with Crippen LogP contribution in [0.2, 0.25) is 0 Å². The number of halogens is 1. The maximum atomic E-state index is 12.5. The molecule has 1 aromatic carbocycles. The lowest BCUT2D eigenvalue weighted by atomic mass is 10.2. The van der Waals surface area contributed by atoms with E-state index in [1.165, 1.54) is 0 Å². The Morgan fingerprint density at radius 2 is 1.78 bits per heavy atom. The Kier molecular flexibility index (Phi) is 6.59. The van der Waals surface area contributed by atoms with Crippen LogP contribution in [0, 0.1) is 0 Å². The summed E-state index contributed by atoms with van der Waals surface area (Å²) in [5.41, 5.74) is 0.556. The fourth-order valence-corrected chi connectivity index (χ4v) is 2.99. The quantitative estimate of drug-likeness (QED) is 0.849. The first-order valence-corrected chi connectivity index (χ1v) is 8.88. The number of hydrogen-bond donors (Lipinski definition) is 1. The van der Waals surface area contributed by atoms with Crippen molar-refractivity contribution >= 4 is 27.7 Å². The standard InChI is InChI=1S/C17H24BrN3O2/c1-3-8-20-9-11-21(12-10-20)17(23)13(2)19-16(22)14-4-6-15(18)7-5-14/h4-7,13H,3,8-12H2,1-2H3,(H,19,22). The maximum Gasteiger partial charge on any atom is 0.251 e. The highest BCUT2D eigenvalue weighted by Gasteiger charge is 2.25. The molecule has 1 saturated heterocycles. The lowest BCUT2D eigenvalue weighted by Crippen LogP contribution is -2.54. The van der Waals surface area contributed by atoms with Crippen LogP contribution < -0.4 is 5.32 Å². The molecule has 6 heteroatoms. The second-order valence-corrected chi connectivity index (χ2v) is 6.78. The van der Waals surface area contributed by atoms with E-state index in [0.29, 0.717) is 5.56 Å². The summed E-state index contributed by atoms with van der Waals surface area (Å²) in [5, 5.41) is 2.79. The van der Waals surface area contributed by atoms with E-state index in [0.717, 1.165) is 43.6 Å². The second-order valence-electron chi connectivity index (χ2n) is 5.87. The molecule has 0 radical (unpaired) electrons. The van der Waals surface area contributed by atoms with E-state index in [9.17, 15) is 9.59 Å². The molecule has 1 aromatic rings. The van der Waals surface area contributed by atoms with Gasteiger partial charge < -0.3 is 10.2 Å². The highest BCUT2D eigenvalue weighted by atomic mass is 79.9. The van der Waals surface area contributed by atoms with Crippen LogP contribution in [0.1, 0.15) is 30.6 Å². The zero-order valence-electron chi connectivity index (χ0n) is 13.7. The average Bonchev–Trinajstić information content (AvgIpc) is 2.55. The van der Waals surface area contributed by atoms with Gasteiger partial charge in [0, 0.05) is 36.2 Å². The number of benzene rings is 1. The number of carbonyl (C=O) groups is 2. The second kappa shape index (κ2) is 8.45. The zero-order valence-corrected chi connectivity index (χ0v) is 15.3. The van der Waals surface area contributed by atoms with Crippen molar-refractivity contribution in [1.29, 1.82) is 0 Å². The molecule has 1 N–H and O–H groups in total. The molecule has 126 valence electrons. The van der Waals surface area contributed by atoms with Gasteiger partial charge in [-0.05, 0) is 44.2 Å². The van der Waals surface area contributed by atoms with E-state index in [2.05, 4.69) is 33.1 Å². The molecule has 0 saturated carbocycles. The van der Waals surface area contributed by atoms with Gasteiger partial charge in [0.15, 0.2) is 0 Å². The number of amides is 2. The van der Waals surface area contributed by atoms with Gasteiger partial charge in [0.2, 0.25) is 5.91 Å². The van der Waals surface area contributed by atoms with Gasteiger partial charge in [-0.3, -0.25) is 14.5 Å². The lowest BCUT2D eigenvalue weighted by molar-refractivity contribution is -0.134. The zero-order chi connectivity index (χ0) is 16.8. The van der Waals surface area contributed by atoms with Crippen LogP contribution >= 0.6 is 15.9 Å². The lowest BCUT2D eigenvalue weighted by Gasteiger charge is -2.35. The van der Waals surface area contributed by atoms with Crippen LogP contribution in [0.3, 0.4) is 0 Å². The largest absolute Gasteiger partial charge is 0.341 e. The normalized spacial score (nSPS) is 16.9. The minimum Gasteiger partial charge on any atom is -0.341 e. The molecule has 1 aliphatic heterocycles. The smallest absolute Gasteiger partial charge is 0.251 e. The first kappa shape index (κ1) is 17.9. The summed E-state index contributed by atoms with van der Waals surface area (Å²) < 4.78 is 0.920. The Labute approximate surface area is 146 Å². The molecule has 1 fully saturated rings. The Balaban J connectivity index is 1.85. The molecule has 1 atom stereocenters. The third kappa shape index (κ3) is 5.04. The van der Waals surface area contributed by atoms with Crippen molar-refractivity contribution in [3.05, 3.63) is 34.3 Å². The van der Waals surface area contributed by atoms with Gasteiger partial charge in [-0.2, -0.15) is 0 Å². The van der Waals surface area contributed by atoms with E-state index in [1.54, 1.807) is 19.1 Å². The van der Waals surface area contributed by atoms with Gasteiger partial charge in [0.1, 0.15) is 6.04 Å². The van der Waals surface area contributed by atoms with E-state index in [-0.39, 0.29) is 11.8 Å². The first-order chi connectivity index (χ1) is 11.0. The van der Waals surface area contributed by atoms with E-state index >= 15 is 0 Å². The number of piperazine rings is 1. The molecule has 2 amide bonds. The Hall–Kier alpha value is -1.40. The molecular formula is C17H24BrN3O2. The Morgan fingerprint density at radius 3 is 2.35 bits per heavy atom. The first-order valence-electron chi connectivity index (χ1n) is 8.09. The van der Waals surface area contributed by atoms with Gasteiger partial charge in [-0.1, -0.05) is 22.9 Å². The Bertz CT molecular complexity index is 539. The minimum absolute atomic E-state index is 0.00777. The summed E-state index contributed by atoms with van der Waals surface area (Å²) >= 11 is 3.34. The van der Waals surface area contributed by atoms with Gasteiger partial charge >= 0.3 is 0 Å². The van der Waals surface area contributed by atoms with Crippen molar-refractivity contribution in [2.75, 3.05) is 32.7 Å². The van der Waals surface area contributed by atoms with Crippen LogP contribution in [0.15, 0.2) is 28.7 Å². The minimum atomic E-state index is -0.510. The number of nitrogens with zero attached hydrogens (tertiary/aromatic N) is 2. The Morgan fingerprint density at radius 1 is 1.17 bits per heavy atom.